The van der Waals surface area contributed by atoms with E-state index in [0.29, 0.717) is 28.0 Å². The smallest absolute Gasteiger partial charge is 0.207 e. The number of nitrogens with zero attached hydrogens (tertiary/aromatic N) is 4. The lowest BCUT2D eigenvalue weighted by atomic mass is 10.2. The molecule has 2 aromatic rings. The molecular formula is C10H9ClN4O. The van der Waals surface area contributed by atoms with E-state index in [4.69, 9.17) is 16.3 Å². The van der Waals surface area contributed by atoms with Crippen LogP contribution in [0, 0.1) is 6.92 Å². The fraction of sp³-hybridized carbons (Fsp3) is 0.200. The lowest BCUT2D eigenvalue weighted by Gasteiger charge is -2.06. The number of halogens is 1. The van der Waals surface area contributed by atoms with Gasteiger partial charge in [-0.15, -0.1) is 20.4 Å². The molecule has 0 fully saturated rings. The molecule has 0 spiro atoms. The fourth-order valence-corrected chi connectivity index (χ4v) is 1.41. The predicted molar refractivity (Wildman–Crippen MR) is 59.4 cm³/mol. The fourth-order valence-electron chi connectivity index (χ4n) is 1.24. The third kappa shape index (κ3) is 2.09. The molecule has 0 saturated heterocycles. The van der Waals surface area contributed by atoms with Gasteiger partial charge in [-0.2, -0.15) is 0 Å². The average Bonchev–Trinajstić information content (AvgIpc) is 2.30. The van der Waals surface area contributed by atoms with Gasteiger partial charge in [0.25, 0.3) is 0 Å². The second-order valence-electron chi connectivity index (χ2n) is 3.12. The lowest BCUT2D eigenvalue weighted by molar-refractivity contribution is 0.416. The lowest BCUT2D eigenvalue weighted by Crippen LogP contribution is -2.00. The molecule has 16 heavy (non-hydrogen) atoms. The molecule has 0 aliphatic carbocycles. The van der Waals surface area contributed by atoms with Gasteiger partial charge in [0.05, 0.1) is 12.7 Å². The zero-order valence-electron chi connectivity index (χ0n) is 8.81. The molecule has 0 amide bonds. The summed E-state index contributed by atoms with van der Waals surface area (Å²) in [7, 11) is 1.57. The van der Waals surface area contributed by atoms with E-state index in [0.717, 1.165) is 0 Å². The molecule has 1 heterocycles. The van der Waals surface area contributed by atoms with Crippen LogP contribution in [0.25, 0.3) is 11.4 Å². The summed E-state index contributed by atoms with van der Waals surface area (Å²) in [4.78, 5) is 0. The van der Waals surface area contributed by atoms with Crippen LogP contribution in [0.1, 0.15) is 5.82 Å². The number of aryl methyl sites for hydroxylation is 1. The Kier molecular flexibility index (Phi) is 2.96. The maximum absolute atomic E-state index is 5.90. The van der Waals surface area contributed by atoms with Gasteiger partial charge < -0.3 is 4.74 Å². The van der Waals surface area contributed by atoms with E-state index in [9.17, 15) is 0 Å². The van der Waals surface area contributed by atoms with Crippen LogP contribution < -0.4 is 4.74 Å². The van der Waals surface area contributed by atoms with Crippen LogP contribution in [-0.4, -0.2) is 27.5 Å². The quantitative estimate of drug-likeness (QED) is 0.797. The second kappa shape index (κ2) is 4.40. The number of hydrogen-bond donors (Lipinski definition) is 0. The van der Waals surface area contributed by atoms with Gasteiger partial charge in [0.2, 0.25) is 5.82 Å². The van der Waals surface area contributed by atoms with E-state index < -0.39 is 0 Å². The normalized spacial score (nSPS) is 10.2. The molecule has 0 N–H and O–H groups in total. The highest BCUT2D eigenvalue weighted by Gasteiger charge is 2.10. The zero-order chi connectivity index (χ0) is 11.5. The predicted octanol–water partition coefficient (Wildman–Crippen LogP) is 1.90. The van der Waals surface area contributed by atoms with Crippen LogP contribution in [0.4, 0.5) is 0 Å². The van der Waals surface area contributed by atoms with E-state index in [-0.39, 0.29) is 0 Å². The van der Waals surface area contributed by atoms with Gasteiger partial charge in [0.1, 0.15) is 5.75 Å². The summed E-state index contributed by atoms with van der Waals surface area (Å²) in [5.41, 5.74) is 0.676. The molecule has 0 aliphatic rings. The maximum Gasteiger partial charge on any atom is 0.207 e. The topological polar surface area (TPSA) is 60.8 Å². The molecule has 5 nitrogen and oxygen atoms in total. The van der Waals surface area contributed by atoms with Gasteiger partial charge in [-0.3, -0.25) is 0 Å². The summed E-state index contributed by atoms with van der Waals surface area (Å²) in [5.74, 6) is 1.55. The third-order valence-electron chi connectivity index (χ3n) is 1.98. The third-order valence-corrected chi connectivity index (χ3v) is 2.22. The number of benzene rings is 1. The summed E-state index contributed by atoms with van der Waals surface area (Å²) in [5, 5.41) is 16.1. The average molecular weight is 237 g/mol. The SMILES string of the molecule is COc1ccc(Cl)cc1-c1nnc(C)nn1. The van der Waals surface area contributed by atoms with Crippen LogP contribution in [0.15, 0.2) is 18.2 Å². The van der Waals surface area contributed by atoms with Crippen molar-refractivity contribution >= 4 is 11.6 Å². The van der Waals surface area contributed by atoms with Crippen LogP contribution in [0.2, 0.25) is 5.02 Å². The Morgan fingerprint density at radius 1 is 1.12 bits per heavy atom. The van der Waals surface area contributed by atoms with Crippen molar-refractivity contribution in [3.63, 3.8) is 0 Å². The van der Waals surface area contributed by atoms with E-state index in [1.54, 1.807) is 32.2 Å². The summed E-state index contributed by atoms with van der Waals surface area (Å²) >= 11 is 5.90. The van der Waals surface area contributed by atoms with Crippen molar-refractivity contribution in [1.82, 2.24) is 20.4 Å². The van der Waals surface area contributed by atoms with Gasteiger partial charge in [-0.05, 0) is 25.1 Å². The maximum atomic E-state index is 5.90. The van der Waals surface area contributed by atoms with Crippen molar-refractivity contribution in [2.24, 2.45) is 0 Å². The minimum absolute atomic E-state index is 0.393. The Bertz CT molecular complexity index is 501. The molecule has 1 aromatic carbocycles. The Labute approximate surface area is 97.5 Å². The van der Waals surface area contributed by atoms with Crippen LogP contribution in [0.5, 0.6) is 5.75 Å². The number of ether oxygens (including phenoxy) is 1. The number of rotatable bonds is 2. The summed E-state index contributed by atoms with van der Waals surface area (Å²) in [6, 6.07) is 5.20. The summed E-state index contributed by atoms with van der Waals surface area (Å²) in [6.07, 6.45) is 0. The highest BCUT2D eigenvalue weighted by atomic mass is 35.5. The highest BCUT2D eigenvalue weighted by molar-refractivity contribution is 6.30. The van der Waals surface area contributed by atoms with E-state index in [1.807, 2.05) is 0 Å². The van der Waals surface area contributed by atoms with Crippen molar-refractivity contribution < 1.29 is 4.74 Å². The molecule has 2 rings (SSSR count). The monoisotopic (exact) mass is 236 g/mol. The first-order chi connectivity index (χ1) is 7.70. The van der Waals surface area contributed by atoms with Crippen molar-refractivity contribution in [2.75, 3.05) is 7.11 Å². The first-order valence-corrected chi connectivity index (χ1v) is 4.96. The number of methoxy groups -OCH3 is 1. The molecule has 1 aromatic heterocycles. The Morgan fingerprint density at radius 2 is 1.81 bits per heavy atom. The van der Waals surface area contributed by atoms with Crippen molar-refractivity contribution in [2.45, 2.75) is 6.92 Å². The number of hydrogen-bond acceptors (Lipinski definition) is 5. The van der Waals surface area contributed by atoms with Crippen LogP contribution in [-0.2, 0) is 0 Å². The zero-order valence-corrected chi connectivity index (χ0v) is 9.56. The molecule has 0 unspecified atom stereocenters. The molecule has 0 atom stereocenters. The van der Waals surface area contributed by atoms with Crippen molar-refractivity contribution in [3.05, 3.63) is 29.0 Å². The van der Waals surface area contributed by atoms with Gasteiger partial charge >= 0.3 is 0 Å². The van der Waals surface area contributed by atoms with E-state index in [1.165, 1.54) is 0 Å². The molecule has 6 heteroatoms. The van der Waals surface area contributed by atoms with Crippen LogP contribution >= 0.6 is 11.6 Å². The van der Waals surface area contributed by atoms with E-state index >= 15 is 0 Å². The first-order valence-electron chi connectivity index (χ1n) is 4.58. The minimum Gasteiger partial charge on any atom is -0.496 e. The minimum atomic E-state index is 0.393. The molecule has 0 bridgehead atoms. The second-order valence-corrected chi connectivity index (χ2v) is 3.55. The van der Waals surface area contributed by atoms with Gasteiger partial charge in [-0.25, -0.2) is 0 Å². The Balaban J connectivity index is 2.53. The summed E-state index contributed by atoms with van der Waals surface area (Å²) in [6.45, 7) is 1.72. The van der Waals surface area contributed by atoms with E-state index in [2.05, 4.69) is 20.4 Å². The molecule has 0 saturated carbocycles. The molecule has 0 aliphatic heterocycles. The Morgan fingerprint density at radius 3 is 2.44 bits per heavy atom. The standard InChI is InChI=1S/C10H9ClN4O/c1-6-12-14-10(15-13-6)8-5-7(11)3-4-9(8)16-2/h3-5H,1-2H3. The number of aromatic nitrogens is 4. The summed E-state index contributed by atoms with van der Waals surface area (Å²) < 4.78 is 5.19. The van der Waals surface area contributed by atoms with Crippen molar-refractivity contribution in [3.8, 4) is 17.1 Å². The largest absolute Gasteiger partial charge is 0.496 e. The van der Waals surface area contributed by atoms with Gasteiger partial charge in [0, 0.05) is 5.02 Å². The molecule has 82 valence electrons. The molecule has 0 radical (unpaired) electrons. The van der Waals surface area contributed by atoms with Crippen molar-refractivity contribution in [1.29, 1.82) is 0 Å². The van der Waals surface area contributed by atoms with Gasteiger partial charge in [0.15, 0.2) is 5.82 Å². The molecular weight excluding hydrogens is 228 g/mol. The first kappa shape index (κ1) is 10.8. The van der Waals surface area contributed by atoms with Crippen LogP contribution in [0.3, 0.4) is 0 Å². The van der Waals surface area contributed by atoms with Gasteiger partial charge in [-0.1, -0.05) is 11.6 Å². The highest BCUT2D eigenvalue weighted by Crippen LogP contribution is 2.29. The Hall–Kier alpha value is -1.75.